The fourth-order valence-electron chi connectivity index (χ4n) is 0.957. The summed E-state index contributed by atoms with van der Waals surface area (Å²) in [6.07, 6.45) is 1.47. The van der Waals surface area contributed by atoms with Crippen LogP contribution in [0.25, 0.3) is 0 Å². The number of alkyl halides is 2. The highest BCUT2D eigenvalue weighted by Gasteiger charge is 2.09. The van der Waals surface area contributed by atoms with Crippen molar-refractivity contribution >= 4 is 11.9 Å². The zero-order chi connectivity index (χ0) is 11.5. The van der Waals surface area contributed by atoms with Gasteiger partial charge in [0.2, 0.25) is 0 Å². The van der Waals surface area contributed by atoms with Gasteiger partial charge in [0.1, 0.15) is 0 Å². The number of hydrogen-bond acceptors (Lipinski definition) is 3. The molecule has 15 heavy (non-hydrogen) atoms. The molecule has 0 bridgehead atoms. The fraction of sp³-hybridized carbons (Fsp3) is 0.800. The summed E-state index contributed by atoms with van der Waals surface area (Å²) in [4.78, 5) is 21.8. The van der Waals surface area contributed by atoms with Crippen LogP contribution in [-0.4, -0.2) is 25.3 Å². The van der Waals surface area contributed by atoms with Crippen molar-refractivity contribution in [3.05, 3.63) is 0 Å². The molecule has 0 aromatic heterocycles. The van der Waals surface area contributed by atoms with Crippen LogP contribution < -0.4 is 0 Å². The highest BCUT2D eigenvalue weighted by molar-refractivity contribution is 5.85. The normalized spacial score (nSPS) is 10.0. The zero-order valence-electron chi connectivity index (χ0n) is 8.64. The van der Waals surface area contributed by atoms with Crippen LogP contribution in [0.3, 0.4) is 0 Å². The van der Waals surface area contributed by atoms with Gasteiger partial charge in [-0.1, -0.05) is 0 Å². The van der Waals surface area contributed by atoms with E-state index in [4.69, 9.17) is 0 Å². The van der Waals surface area contributed by atoms with Crippen molar-refractivity contribution in [1.82, 2.24) is 0 Å². The number of carbonyl (C=O) groups is 2. The minimum absolute atomic E-state index is 0.0543. The van der Waals surface area contributed by atoms with Gasteiger partial charge in [0.15, 0.2) is 0 Å². The molecule has 0 aliphatic carbocycles. The highest BCUT2D eigenvalue weighted by Crippen LogP contribution is 2.02. The Balaban J connectivity index is 3.45. The van der Waals surface area contributed by atoms with Gasteiger partial charge in [-0.15, -0.1) is 0 Å². The maximum Gasteiger partial charge on any atom is 0.313 e. The number of carbonyl (C=O) groups excluding carboxylic acids is 2. The second kappa shape index (κ2) is 9.55. The largest absolute Gasteiger partial charge is 0.393 e. The van der Waals surface area contributed by atoms with Crippen LogP contribution in [0.4, 0.5) is 8.78 Å². The third kappa shape index (κ3) is 9.31. The maximum absolute atomic E-state index is 11.7. The molecule has 0 aromatic carbocycles. The molecule has 88 valence electrons. The van der Waals surface area contributed by atoms with Gasteiger partial charge in [-0.3, -0.25) is 18.4 Å². The topological polar surface area (TPSA) is 43.4 Å². The molecule has 0 amide bonds. The molecule has 0 spiro atoms. The van der Waals surface area contributed by atoms with Crippen LogP contribution in [0.1, 0.15) is 38.5 Å². The van der Waals surface area contributed by atoms with Gasteiger partial charge < -0.3 is 4.74 Å². The van der Waals surface area contributed by atoms with Crippen LogP contribution in [-0.2, 0) is 14.3 Å². The lowest BCUT2D eigenvalue weighted by Crippen LogP contribution is -2.11. The highest BCUT2D eigenvalue weighted by atomic mass is 19.1. The first-order chi connectivity index (χ1) is 7.20. The molecule has 0 aliphatic heterocycles. The summed E-state index contributed by atoms with van der Waals surface area (Å²) in [6, 6.07) is 0. The van der Waals surface area contributed by atoms with Crippen LogP contribution in [0.15, 0.2) is 0 Å². The Morgan fingerprint density at radius 3 is 1.53 bits per heavy atom. The lowest BCUT2D eigenvalue weighted by atomic mass is 10.2. The molecule has 0 N–H and O–H groups in total. The van der Waals surface area contributed by atoms with E-state index in [9.17, 15) is 18.4 Å². The van der Waals surface area contributed by atoms with E-state index in [1.54, 1.807) is 0 Å². The van der Waals surface area contributed by atoms with E-state index in [1.165, 1.54) is 0 Å². The Labute approximate surface area is 87.8 Å². The summed E-state index contributed by atoms with van der Waals surface area (Å²) in [5.74, 6) is -1.26. The van der Waals surface area contributed by atoms with E-state index < -0.39 is 25.3 Å². The molecule has 0 rings (SSSR count). The summed E-state index contributed by atoms with van der Waals surface area (Å²) in [5.41, 5.74) is 0. The summed E-state index contributed by atoms with van der Waals surface area (Å²) in [6.45, 7) is -0.949. The van der Waals surface area contributed by atoms with Crippen molar-refractivity contribution in [3.8, 4) is 0 Å². The van der Waals surface area contributed by atoms with Gasteiger partial charge in [-0.05, 0) is 25.7 Å². The Kier molecular flexibility index (Phi) is 8.91. The number of unbranched alkanes of at least 4 members (excludes halogenated alkanes) is 2. The molecule has 0 fully saturated rings. The third-order valence-electron chi connectivity index (χ3n) is 1.76. The van der Waals surface area contributed by atoms with Gasteiger partial charge in [0.05, 0.1) is 13.3 Å². The van der Waals surface area contributed by atoms with E-state index in [0.717, 1.165) is 0 Å². The van der Waals surface area contributed by atoms with E-state index >= 15 is 0 Å². The third-order valence-corrected chi connectivity index (χ3v) is 1.76. The van der Waals surface area contributed by atoms with Crippen molar-refractivity contribution in [1.29, 1.82) is 0 Å². The van der Waals surface area contributed by atoms with Crippen molar-refractivity contribution in [2.24, 2.45) is 0 Å². The standard InChI is InChI=1S/C10H16F2O3/c11-7-3-1-5-9(13)15-10(14)6-2-4-8-12/h1-8H2. The second-order valence-corrected chi connectivity index (χ2v) is 3.14. The van der Waals surface area contributed by atoms with Crippen molar-refractivity contribution in [3.63, 3.8) is 0 Å². The van der Waals surface area contributed by atoms with Crippen molar-refractivity contribution in [2.75, 3.05) is 13.3 Å². The first kappa shape index (κ1) is 14.0. The van der Waals surface area contributed by atoms with Crippen molar-refractivity contribution in [2.45, 2.75) is 38.5 Å². The molecule has 0 unspecified atom stereocenters. The first-order valence-corrected chi connectivity index (χ1v) is 5.06. The molecule has 0 aliphatic rings. The molecule has 0 saturated heterocycles. The van der Waals surface area contributed by atoms with Gasteiger partial charge in [0, 0.05) is 12.8 Å². The van der Waals surface area contributed by atoms with Crippen molar-refractivity contribution < 1.29 is 23.1 Å². The average Bonchev–Trinajstić information content (AvgIpc) is 2.18. The smallest absolute Gasteiger partial charge is 0.313 e. The van der Waals surface area contributed by atoms with E-state index in [0.29, 0.717) is 25.7 Å². The molecule has 0 aromatic rings. The number of rotatable bonds is 8. The second-order valence-electron chi connectivity index (χ2n) is 3.14. The van der Waals surface area contributed by atoms with Crippen LogP contribution >= 0.6 is 0 Å². The molecule has 0 atom stereocenters. The van der Waals surface area contributed by atoms with Gasteiger partial charge in [-0.2, -0.15) is 0 Å². The quantitative estimate of drug-likeness (QED) is 0.359. The Hall–Kier alpha value is -1.00. The minimum atomic E-state index is -0.631. The summed E-state index contributed by atoms with van der Waals surface area (Å²) < 4.78 is 27.7. The van der Waals surface area contributed by atoms with E-state index in [1.807, 2.05) is 0 Å². The minimum Gasteiger partial charge on any atom is -0.393 e. The molecule has 0 saturated carbocycles. The van der Waals surface area contributed by atoms with Gasteiger partial charge in [-0.25, -0.2) is 0 Å². The number of esters is 2. The maximum atomic E-state index is 11.7. The molecule has 3 nitrogen and oxygen atoms in total. The van der Waals surface area contributed by atoms with Gasteiger partial charge in [0.25, 0.3) is 0 Å². The number of hydrogen-bond donors (Lipinski definition) is 0. The molecule has 5 heteroatoms. The molecule has 0 heterocycles. The van der Waals surface area contributed by atoms with E-state index in [-0.39, 0.29) is 12.8 Å². The summed E-state index contributed by atoms with van der Waals surface area (Å²) in [5, 5.41) is 0. The zero-order valence-corrected chi connectivity index (χ0v) is 8.64. The lowest BCUT2D eigenvalue weighted by Gasteiger charge is -2.01. The number of halogens is 2. The summed E-state index contributed by atoms with van der Waals surface area (Å²) >= 11 is 0. The Morgan fingerprint density at radius 1 is 0.800 bits per heavy atom. The molecular weight excluding hydrogens is 206 g/mol. The monoisotopic (exact) mass is 222 g/mol. The predicted octanol–water partition coefficient (Wildman–Crippen LogP) is 2.34. The SMILES string of the molecule is O=C(CCCCF)OC(=O)CCCCF. The first-order valence-electron chi connectivity index (χ1n) is 5.06. The summed E-state index contributed by atoms with van der Waals surface area (Å²) in [7, 11) is 0. The van der Waals surface area contributed by atoms with Gasteiger partial charge >= 0.3 is 11.9 Å². The Morgan fingerprint density at radius 2 is 1.20 bits per heavy atom. The van der Waals surface area contributed by atoms with Crippen LogP contribution in [0.2, 0.25) is 0 Å². The average molecular weight is 222 g/mol. The Bertz CT molecular complexity index is 175. The van der Waals surface area contributed by atoms with E-state index in [2.05, 4.69) is 4.74 Å². The molecule has 0 radical (unpaired) electrons. The number of ether oxygens (including phenoxy) is 1. The van der Waals surface area contributed by atoms with Crippen LogP contribution in [0.5, 0.6) is 0 Å². The fourth-order valence-corrected chi connectivity index (χ4v) is 0.957. The predicted molar refractivity (Wildman–Crippen MR) is 50.8 cm³/mol. The molecular formula is C10H16F2O3. The van der Waals surface area contributed by atoms with Crippen LogP contribution in [0, 0.1) is 0 Å². The lowest BCUT2D eigenvalue weighted by molar-refractivity contribution is -0.159.